The van der Waals surface area contributed by atoms with Gasteiger partial charge in [0.15, 0.2) is 5.75 Å². The first-order valence-electron chi connectivity index (χ1n) is 9.89. The number of amides is 1. The number of halogens is 2. The smallest absolute Gasteiger partial charge is 0.415 e. The van der Waals surface area contributed by atoms with Crippen LogP contribution in [0.15, 0.2) is 16.9 Å². The zero-order chi connectivity index (χ0) is 24.4. The molecule has 1 heterocycles. The maximum atomic E-state index is 12.7. The average Bonchev–Trinajstić information content (AvgIpc) is 2.67. The Morgan fingerprint density at radius 2 is 1.94 bits per heavy atom. The number of aryl methyl sites for hydroxylation is 1. The van der Waals surface area contributed by atoms with Crippen LogP contribution in [-0.4, -0.2) is 28.0 Å². The number of hydrogen-bond donors (Lipinski definition) is 0. The van der Waals surface area contributed by atoms with Gasteiger partial charge in [0.25, 0.3) is 5.56 Å². The zero-order valence-corrected chi connectivity index (χ0v) is 20.6. The van der Waals surface area contributed by atoms with Gasteiger partial charge in [0.05, 0.1) is 21.8 Å². The molecule has 1 amide bonds. The first-order chi connectivity index (χ1) is 14.8. The van der Waals surface area contributed by atoms with E-state index in [0.29, 0.717) is 16.8 Å². The molecule has 32 heavy (non-hydrogen) atoms. The average molecular weight is 481 g/mol. The minimum absolute atomic E-state index is 0.0394. The molecule has 10 heteroatoms. The Hall–Kier alpha value is -2.76. The maximum absolute atomic E-state index is 12.7. The van der Waals surface area contributed by atoms with Crippen molar-refractivity contribution in [3.8, 4) is 17.7 Å². The molecule has 1 aromatic heterocycles. The highest BCUT2D eigenvalue weighted by Gasteiger charge is 2.27. The predicted molar refractivity (Wildman–Crippen MR) is 124 cm³/mol. The summed E-state index contributed by atoms with van der Waals surface area (Å²) in [6.45, 7) is 10.4. The van der Waals surface area contributed by atoms with Crippen LogP contribution in [0.2, 0.25) is 10.0 Å². The molecule has 8 nitrogen and oxygen atoms in total. The van der Waals surface area contributed by atoms with Crippen LogP contribution < -0.4 is 15.2 Å². The van der Waals surface area contributed by atoms with Crippen molar-refractivity contribution in [3.05, 3.63) is 43.7 Å². The van der Waals surface area contributed by atoms with Crippen LogP contribution >= 0.6 is 23.2 Å². The van der Waals surface area contributed by atoms with E-state index in [2.05, 4.69) is 5.10 Å². The van der Waals surface area contributed by atoms with Crippen molar-refractivity contribution in [2.75, 3.05) is 11.4 Å². The van der Waals surface area contributed by atoms with Gasteiger partial charge in [0.1, 0.15) is 12.1 Å². The quantitative estimate of drug-likeness (QED) is 0.518. The number of anilines is 1. The first kappa shape index (κ1) is 25.5. The molecule has 0 aliphatic carbocycles. The summed E-state index contributed by atoms with van der Waals surface area (Å²) in [6.07, 6.45) is -0.704. The largest absolute Gasteiger partial charge is 0.443 e. The first-order valence-corrected chi connectivity index (χ1v) is 10.6. The Labute approximate surface area is 197 Å². The summed E-state index contributed by atoms with van der Waals surface area (Å²) in [6, 6.07) is 4.97. The number of carbonyl (C=O) groups excluding carboxylic acids is 1. The molecule has 0 aliphatic rings. The van der Waals surface area contributed by atoms with Gasteiger partial charge in [0.2, 0.25) is 5.88 Å². The van der Waals surface area contributed by atoms with Crippen LogP contribution in [-0.2, 0) is 11.8 Å². The van der Waals surface area contributed by atoms with Crippen LogP contribution in [0.3, 0.4) is 0 Å². The number of carbonyl (C=O) groups is 1. The lowest BCUT2D eigenvalue weighted by molar-refractivity contribution is 0.0584. The molecule has 0 N–H and O–H groups in total. The van der Waals surface area contributed by atoms with Crippen molar-refractivity contribution >= 4 is 35.0 Å². The van der Waals surface area contributed by atoms with Crippen LogP contribution in [0.25, 0.3) is 0 Å². The molecular formula is C22H26Cl2N4O4. The Morgan fingerprint density at radius 1 is 1.31 bits per heavy atom. The van der Waals surface area contributed by atoms with E-state index in [-0.39, 0.29) is 39.7 Å². The van der Waals surface area contributed by atoms with E-state index in [4.69, 9.17) is 32.7 Å². The molecule has 0 saturated carbocycles. The molecule has 0 unspecified atom stereocenters. The normalized spacial score (nSPS) is 11.3. The number of rotatable bonds is 5. The molecule has 1 aromatic carbocycles. The molecule has 0 spiro atoms. The lowest BCUT2D eigenvalue weighted by atomic mass is 10.1. The topological polar surface area (TPSA) is 97.5 Å². The van der Waals surface area contributed by atoms with Crippen molar-refractivity contribution in [1.82, 2.24) is 9.78 Å². The zero-order valence-electron chi connectivity index (χ0n) is 19.1. The molecule has 0 radical (unpaired) electrons. The predicted octanol–water partition coefficient (Wildman–Crippen LogP) is 5.58. The van der Waals surface area contributed by atoms with Gasteiger partial charge >= 0.3 is 6.09 Å². The summed E-state index contributed by atoms with van der Waals surface area (Å²) >= 11 is 13.0. The number of nitrogens with zero attached hydrogens (tertiary/aromatic N) is 4. The van der Waals surface area contributed by atoms with Crippen LogP contribution in [0.1, 0.15) is 51.7 Å². The van der Waals surface area contributed by atoms with Crippen LogP contribution in [0, 0.1) is 18.3 Å². The minimum Gasteiger partial charge on any atom is -0.443 e. The van der Waals surface area contributed by atoms with Crippen molar-refractivity contribution < 1.29 is 14.3 Å². The van der Waals surface area contributed by atoms with Crippen molar-refractivity contribution in [2.24, 2.45) is 7.05 Å². The van der Waals surface area contributed by atoms with E-state index in [1.54, 1.807) is 33.8 Å². The highest BCUT2D eigenvalue weighted by atomic mass is 35.5. The summed E-state index contributed by atoms with van der Waals surface area (Å²) in [4.78, 5) is 26.1. The fourth-order valence-electron chi connectivity index (χ4n) is 2.86. The monoisotopic (exact) mass is 480 g/mol. The second-order valence-electron chi connectivity index (χ2n) is 8.49. The molecule has 0 fully saturated rings. The van der Waals surface area contributed by atoms with Gasteiger partial charge in [-0.3, -0.25) is 9.69 Å². The molecule has 172 valence electrons. The number of aromatic nitrogens is 2. The Morgan fingerprint density at radius 3 is 2.47 bits per heavy atom. The number of benzene rings is 1. The molecular weight excluding hydrogens is 455 g/mol. The molecule has 2 aromatic rings. The molecule has 0 atom stereocenters. The summed E-state index contributed by atoms with van der Waals surface area (Å²) in [5, 5.41) is 13.6. The fraction of sp³-hybridized carbons (Fsp3) is 0.455. The molecule has 0 saturated heterocycles. The summed E-state index contributed by atoms with van der Waals surface area (Å²) < 4.78 is 12.4. The van der Waals surface area contributed by atoms with Gasteiger partial charge in [-0.05, 0) is 45.2 Å². The standard InChI is InChI=1S/C22H26Cl2N4O4/c1-12(2)14-10-17(26-27(7)20(14)29)31-19-15(23)11-16(13(3)18(19)24)28(9-8-25)21(30)32-22(4,5)6/h10-12H,9H2,1-7H3. The maximum Gasteiger partial charge on any atom is 0.415 e. The van der Waals surface area contributed by atoms with Gasteiger partial charge in [-0.2, -0.15) is 5.26 Å². The Kier molecular flexibility index (Phi) is 7.81. The number of hydrogen-bond acceptors (Lipinski definition) is 6. The highest BCUT2D eigenvalue weighted by molar-refractivity contribution is 6.38. The second kappa shape index (κ2) is 9.80. The summed E-state index contributed by atoms with van der Waals surface area (Å²) in [5.41, 5.74) is 0.336. The van der Waals surface area contributed by atoms with Crippen LogP contribution in [0.5, 0.6) is 11.6 Å². The van der Waals surface area contributed by atoms with Crippen molar-refractivity contribution in [2.45, 2.75) is 53.1 Å². The van der Waals surface area contributed by atoms with Gasteiger partial charge < -0.3 is 9.47 Å². The number of ether oxygens (including phenoxy) is 2. The summed E-state index contributed by atoms with van der Waals surface area (Å²) in [5.74, 6) is 0.229. The van der Waals surface area contributed by atoms with Crippen molar-refractivity contribution in [3.63, 3.8) is 0 Å². The molecule has 2 rings (SSSR count). The molecule has 0 aliphatic heterocycles. The van der Waals surface area contributed by atoms with E-state index in [1.807, 2.05) is 19.9 Å². The third-order valence-corrected chi connectivity index (χ3v) is 5.16. The van der Waals surface area contributed by atoms with Crippen molar-refractivity contribution in [1.29, 1.82) is 5.26 Å². The lowest BCUT2D eigenvalue weighted by Crippen LogP contribution is -2.37. The minimum atomic E-state index is -0.752. The SMILES string of the molecule is Cc1c(N(CC#N)C(=O)OC(C)(C)C)cc(Cl)c(Oc2cc(C(C)C)c(=O)n(C)n2)c1Cl. The van der Waals surface area contributed by atoms with E-state index in [9.17, 15) is 14.9 Å². The Balaban J connectivity index is 2.53. The second-order valence-corrected chi connectivity index (χ2v) is 9.28. The van der Waals surface area contributed by atoms with E-state index < -0.39 is 11.7 Å². The van der Waals surface area contributed by atoms with E-state index in [1.165, 1.54) is 17.8 Å². The fourth-order valence-corrected chi connectivity index (χ4v) is 3.38. The lowest BCUT2D eigenvalue weighted by Gasteiger charge is -2.27. The van der Waals surface area contributed by atoms with Gasteiger partial charge in [-0.25, -0.2) is 9.48 Å². The van der Waals surface area contributed by atoms with Gasteiger partial charge in [-0.1, -0.05) is 37.0 Å². The number of nitriles is 1. The third kappa shape index (κ3) is 5.72. The van der Waals surface area contributed by atoms with Crippen LogP contribution in [0.4, 0.5) is 10.5 Å². The van der Waals surface area contributed by atoms with Gasteiger partial charge in [0, 0.05) is 18.7 Å². The summed E-state index contributed by atoms with van der Waals surface area (Å²) in [7, 11) is 1.53. The van der Waals surface area contributed by atoms with Gasteiger partial charge in [-0.15, -0.1) is 5.10 Å². The third-order valence-electron chi connectivity index (χ3n) is 4.42. The van der Waals surface area contributed by atoms with E-state index in [0.717, 1.165) is 4.90 Å². The highest BCUT2D eigenvalue weighted by Crippen LogP contribution is 2.43. The Bertz CT molecular complexity index is 1130. The molecule has 0 bridgehead atoms. The van der Waals surface area contributed by atoms with E-state index >= 15 is 0 Å².